The van der Waals surface area contributed by atoms with E-state index in [1.807, 2.05) is 10.9 Å². The average Bonchev–Trinajstić information content (AvgIpc) is 2.75. The van der Waals surface area contributed by atoms with Gasteiger partial charge in [0.2, 0.25) is 0 Å². The molecule has 0 unspecified atom stereocenters. The monoisotopic (exact) mass is 179 g/mol. The van der Waals surface area contributed by atoms with E-state index in [9.17, 15) is 0 Å². The first-order chi connectivity index (χ1) is 6.27. The molecule has 72 valence electrons. The smallest absolute Gasteiger partial charge is 0.0525 e. The Kier molecular flexibility index (Phi) is 2.36. The lowest BCUT2D eigenvalue weighted by atomic mass is 10.0. The zero-order valence-corrected chi connectivity index (χ0v) is 8.33. The quantitative estimate of drug-likeness (QED) is 0.746. The van der Waals surface area contributed by atoms with Crippen LogP contribution < -0.4 is 5.32 Å². The van der Waals surface area contributed by atoms with Gasteiger partial charge >= 0.3 is 0 Å². The summed E-state index contributed by atoms with van der Waals surface area (Å²) in [5.41, 5.74) is 1.39. The largest absolute Gasteiger partial charge is 0.316 e. The van der Waals surface area contributed by atoms with E-state index in [-0.39, 0.29) is 0 Å². The van der Waals surface area contributed by atoms with Crippen molar-refractivity contribution < 1.29 is 0 Å². The van der Waals surface area contributed by atoms with Gasteiger partial charge < -0.3 is 5.32 Å². The van der Waals surface area contributed by atoms with Crippen molar-refractivity contribution in [3.63, 3.8) is 0 Å². The van der Waals surface area contributed by atoms with Crippen LogP contribution in [-0.4, -0.2) is 22.9 Å². The molecule has 0 amide bonds. The molecule has 0 bridgehead atoms. The number of rotatable bonds is 2. The molecule has 1 aliphatic heterocycles. The van der Waals surface area contributed by atoms with Crippen molar-refractivity contribution in [2.24, 2.45) is 0 Å². The molecule has 1 aromatic rings. The molecule has 3 nitrogen and oxygen atoms in total. The van der Waals surface area contributed by atoms with E-state index in [4.69, 9.17) is 0 Å². The van der Waals surface area contributed by atoms with Crippen LogP contribution in [0.25, 0.3) is 0 Å². The normalized spacial score (nSPS) is 22.8. The fourth-order valence-electron chi connectivity index (χ4n) is 1.79. The molecule has 0 aliphatic carbocycles. The molecule has 0 spiro atoms. The number of hydrogen-bond donors (Lipinski definition) is 1. The third-order valence-electron chi connectivity index (χ3n) is 2.68. The van der Waals surface area contributed by atoms with Crippen molar-refractivity contribution in [3.05, 3.63) is 18.0 Å². The Bertz CT molecular complexity index is 271. The summed E-state index contributed by atoms with van der Waals surface area (Å²) >= 11 is 0. The first kappa shape index (κ1) is 8.75. The molecule has 1 atom stereocenters. The van der Waals surface area contributed by atoms with Crippen molar-refractivity contribution in [2.75, 3.05) is 13.1 Å². The molecule has 3 heteroatoms. The molecule has 0 aromatic carbocycles. The highest BCUT2D eigenvalue weighted by atomic mass is 15.3. The van der Waals surface area contributed by atoms with E-state index in [0.717, 1.165) is 13.1 Å². The second kappa shape index (κ2) is 3.50. The van der Waals surface area contributed by atoms with Crippen LogP contribution in [0.15, 0.2) is 12.4 Å². The van der Waals surface area contributed by atoms with Crippen LogP contribution in [0, 0.1) is 0 Å². The maximum Gasteiger partial charge on any atom is 0.0525 e. The van der Waals surface area contributed by atoms with Crippen molar-refractivity contribution in [2.45, 2.75) is 32.2 Å². The summed E-state index contributed by atoms with van der Waals surface area (Å²) < 4.78 is 2.04. The topological polar surface area (TPSA) is 29.9 Å². The predicted octanol–water partition coefficient (Wildman–Crippen LogP) is 1.54. The molecule has 2 heterocycles. The van der Waals surface area contributed by atoms with E-state index in [1.54, 1.807) is 0 Å². The lowest BCUT2D eigenvalue weighted by Gasteiger charge is -2.05. The lowest BCUT2D eigenvalue weighted by Crippen LogP contribution is -2.07. The molecule has 1 fully saturated rings. The summed E-state index contributed by atoms with van der Waals surface area (Å²) in [4.78, 5) is 0. The Morgan fingerprint density at radius 3 is 3.00 bits per heavy atom. The fraction of sp³-hybridized carbons (Fsp3) is 0.700. The minimum atomic E-state index is 0.475. The van der Waals surface area contributed by atoms with Crippen LogP contribution in [0.3, 0.4) is 0 Å². The molecule has 0 radical (unpaired) electrons. The van der Waals surface area contributed by atoms with Crippen molar-refractivity contribution in [1.29, 1.82) is 0 Å². The number of nitrogens with zero attached hydrogens (tertiary/aromatic N) is 2. The van der Waals surface area contributed by atoms with Crippen molar-refractivity contribution in [3.8, 4) is 0 Å². The summed E-state index contributed by atoms with van der Waals surface area (Å²) in [7, 11) is 0. The SMILES string of the molecule is CC(C)n1cc([C@H]2CCNC2)cn1. The van der Waals surface area contributed by atoms with Gasteiger partial charge in [0.1, 0.15) is 0 Å². The third kappa shape index (κ3) is 1.75. The molecular weight excluding hydrogens is 162 g/mol. The second-order valence-corrected chi connectivity index (χ2v) is 4.04. The Morgan fingerprint density at radius 1 is 1.62 bits per heavy atom. The standard InChI is InChI=1S/C10H17N3/c1-8(2)13-7-10(6-12-13)9-3-4-11-5-9/h6-9,11H,3-5H2,1-2H3/t9-/m0/s1. The van der Waals surface area contributed by atoms with Crippen LogP contribution in [0.5, 0.6) is 0 Å². The third-order valence-corrected chi connectivity index (χ3v) is 2.68. The van der Waals surface area contributed by atoms with E-state index in [2.05, 4.69) is 30.5 Å². The van der Waals surface area contributed by atoms with Gasteiger partial charge in [-0.25, -0.2) is 0 Å². The van der Waals surface area contributed by atoms with E-state index in [0.29, 0.717) is 12.0 Å². The highest BCUT2D eigenvalue weighted by Gasteiger charge is 2.18. The van der Waals surface area contributed by atoms with Gasteiger partial charge in [0.05, 0.1) is 6.20 Å². The highest BCUT2D eigenvalue weighted by molar-refractivity contribution is 5.13. The number of aromatic nitrogens is 2. The van der Waals surface area contributed by atoms with Gasteiger partial charge in [0, 0.05) is 24.7 Å². The summed E-state index contributed by atoms with van der Waals surface area (Å²) in [6.07, 6.45) is 5.45. The van der Waals surface area contributed by atoms with Gasteiger partial charge in [0.25, 0.3) is 0 Å². The highest BCUT2D eigenvalue weighted by Crippen LogP contribution is 2.22. The summed E-state index contributed by atoms with van der Waals surface area (Å²) in [5.74, 6) is 0.687. The molecule has 1 N–H and O–H groups in total. The zero-order chi connectivity index (χ0) is 9.26. The average molecular weight is 179 g/mol. The molecule has 1 saturated heterocycles. The molecule has 13 heavy (non-hydrogen) atoms. The van der Waals surface area contributed by atoms with E-state index < -0.39 is 0 Å². The van der Waals surface area contributed by atoms with Crippen LogP contribution in [0.4, 0.5) is 0 Å². The second-order valence-electron chi connectivity index (χ2n) is 4.04. The molecule has 2 rings (SSSR count). The van der Waals surface area contributed by atoms with Crippen molar-refractivity contribution in [1.82, 2.24) is 15.1 Å². The summed E-state index contributed by atoms with van der Waals surface area (Å²) in [6.45, 7) is 6.58. The first-order valence-corrected chi connectivity index (χ1v) is 5.02. The maximum absolute atomic E-state index is 4.35. The van der Waals surface area contributed by atoms with Crippen LogP contribution >= 0.6 is 0 Å². The Morgan fingerprint density at radius 2 is 2.46 bits per heavy atom. The van der Waals surface area contributed by atoms with Gasteiger partial charge in [-0.05, 0) is 32.4 Å². The summed E-state index contributed by atoms with van der Waals surface area (Å²) in [5, 5.41) is 7.72. The van der Waals surface area contributed by atoms with Crippen LogP contribution in [-0.2, 0) is 0 Å². The van der Waals surface area contributed by atoms with Gasteiger partial charge in [-0.3, -0.25) is 4.68 Å². The van der Waals surface area contributed by atoms with E-state index in [1.165, 1.54) is 12.0 Å². The minimum absolute atomic E-state index is 0.475. The van der Waals surface area contributed by atoms with Gasteiger partial charge in [-0.2, -0.15) is 5.10 Å². The van der Waals surface area contributed by atoms with Gasteiger partial charge in [-0.1, -0.05) is 0 Å². The van der Waals surface area contributed by atoms with Crippen LogP contribution in [0.2, 0.25) is 0 Å². The Labute approximate surface area is 79.1 Å². The molecular formula is C10H17N3. The molecule has 0 saturated carbocycles. The summed E-state index contributed by atoms with van der Waals surface area (Å²) in [6, 6.07) is 0.475. The zero-order valence-electron chi connectivity index (χ0n) is 8.33. The lowest BCUT2D eigenvalue weighted by molar-refractivity contribution is 0.531. The Balaban J connectivity index is 2.12. The number of nitrogens with one attached hydrogen (secondary N) is 1. The predicted molar refractivity (Wildman–Crippen MR) is 52.8 cm³/mol. The fourth-order valence-corrected chi connectivity index (χ4v) is 1.79. The maximum atomic E-state index is 4.35. The van der Waals surface area contributed by atoms with Crippen molar-refractivity contribution >= 4 is 0 Å². The van der Waals surface area contributed by atoms with Gasteiger partial charge in [-0.15, -0.1) is 0 Å². The molecule has 1 aliphatic rings. The first-order valence-electron chi connectivity index (χ1n) is 5.02. The molecule has 1 aromatic heterocycles. The minimum Gasteiger partial charge on any atom is -0.316 e. The van der Waals surface area contributed by atoms with Crippen LogP contribution in [0.1, 0.15) is 37.8 Å². The van der Waals surface area contributed by atoms with E-state index >= 15 is 0 Å². The number of hydrogen-bond acceptors (Lipinski definition) is 2. The van der Waals surface area contributed by atoms with Gasteiger partial charge in [0.15, 0.2) is 0 Å². The Hall–Kier alpha value is -0.830.